The van der Waals surface area contributed by atoms with Crippen molar-refractivity contribution in [3.8, 4) is 0 Å². The number of amides is 1. The maximum absolute atomic E-state index is 13.7. The molecule has 2 heterocycles. The van der Waals surface area contributed by atoms with E-state index in [4.69, 9.17) is 0 Å². The minimum Gasteiger partial charge on any atom is -0.347 e. The molecule has 0 bridgehead atoms. The van der Waals surface area contributed by atoms with Gasteiger partial charge in [-0.3, -0.25) is 9.78 Å². The third-order valence-corrected chi connectivity index (χ3v) is 3.38. The van der Waals surface area contributed by atoms with E-state index in [1.54, 1.807) is 49.6 Å². The molecule has 0 atom stereocenters. The third kappa shape index (κ3) is 4.35. The average Bonchev–Trinajstić information content (AvgIpc) is 2.62. The van der Waals surface area contributed by atoms with Crippen molar-refractivity contribution in [3.63, 3.8) is 0 Å². The number of anilines is 2. The van der Waals surface area contributed by atoms with Crippen molar-refractivity contribution in [3.05, 3.63) is 77.6 Å². The standard InChI is InChI=1S/C18H16FN5O/c1-12-9-16(17(25)21-11-13-5-4-8-20-10-13)24-18(22-12)23-15-7-3-2-6-14(15)19/h2-10H,11H2,1H3,(H,21,25)(H,22,23,24). The maximum Gasteiger partial charge on any atom is 0.270 e. The Balaban J connectivity index is 1.74. The molecule has 3 aromatic rings. The largest absolute Gasteiger partial charge is 0.347 e. The van der Waals surface area contributed by atoms with Crippen LogP contribution in [-0.2, 0) is 6.54 Å². The van der Waals surface area contributed by atoms with E-state index in [1.807, 2.05) is 6.07 Å². The van der Waals surface area contributed by atoms with Crippen LogP contribution in [0.25, 0.3) is 0 Å². The second-order valence-corrected chi connectivity index (χ2v) is 5.37. The van der Waals surface area contributed by atoms with Crippen LogP contribution >= 0.6 is 0 Å². The molecule has 25 heavy (non-hydrogen) atoms. The molecular formula is C18H16FN5O. The molecule has 3 rings (SSSR count). The number of aryl methyl sites for hydroxylation is 1. The zero-order valence-electron chi connectivity index (χ0n) is 13.5. The zero-order valence-corrected chi connectivity index (χ0v) is 13.5. The lowest BCUT2D eigenvalue weighted by Crippen LogP contribution is -2.24. The van der Waals surface area contributed by atoms with Crippen LogP contribution in [0, 0.1) is 12.7 Å². The number of para-hydroxylation sites is 1. The molecule has 2 aromatic heterocycles. The summed E-state index contributed by atoms with van der Waals surface area (Å²) < 4.78 is 13.7. The fourth-order valence-corrected chi connectivity index (χ4v) is 2.20. The van der Waals surface area contributed by atoms with Crippen molar-refractivity contribution >= 4 is 17.5 Å². The van der Waals surface area contributed by atoms with E-state index >= 15 is 0 Å². The SMILES string of the molecule is Cc1cc(C(=O)NCc2cccnc2)nc(Nc2ccccc2F)n1. The van der Waals surface area contributed by atoms with Crippen molar-refractivity contribution < 1.29 is 9.18 Å². The first-order valence-electron chi connectivity index (χ1n) is 7.66. The second-order valence-electron chi connectivity index (χ2n) is 5.37. The van der Waals surface area contributed by atoms with Gasteiger partial charge in [0.05, 0.1) is 5.69 Å². The first-order chi connectivity index (χ1) is 12.1. The summed E-state index contributed by atoms with van der Waals surface area (Å²) in [6, 6.07) is 11.4. The van der Waals surface area contributed by atoms with E-state index in [9.17, 15) is 9.18 Å². The van der Waals surface area contributed by atoms with Crippen molar-refractivity contribution in [1.29, 1.82) is 0 Å². The quantitative estimate of drug-likeness (QED) is 0.748. The molecule has 7 heteroatoms. The van der Waals surface area contributed by atoms with Crippen LogP contribution in [0.5, 0.6) is 0 Å². The molecule has 0 aliphatic heterocycles. The van der Waals surface area contributed by atoms with Crippen LogP contribution < -0.4 is 10.6 Å². The topological polar surface area (TPSA) is 79.8 Å². The van der Waals surface area contributed by atoms with Crippen molar-refractivity contribution in [2.45, 2.75) is 13.5 Å². The van der Waals surface area contributed by atoms with Gasteiger partial charge in [-0.2, -0.15) is 0 Å². The van der Waals surface area contributed by atoms with Crippen molar-refractivity contribution in [1.82, 2.24) is 20.3 Å². The minimum absolute atomic E-state index is 0.164. The lowest BCUT2D eigenvalue weighted by molar-refractivity contribution is 0.0945. The highest BCUT2D eigenvalue weighted by Crippen LogP contribution is 2.17. The average molecular weight is 337 g/mol. The van der Waals surface area contributed by atoms with E-state index in [0.29, 0.717) is 12.2 Å². The lowest BCUT2D eigenvalue weighted by atomic mass is 10.2. The number of aromatic nitrogens is 3. The normalized spacial score (nSPS) is 10.3. The summed E-state index contributed by atoms with van der Waals surface area (Å²) in [5.41, 5.74) is 1.93. The molecule has 0 aliphatic rings. The molecule has 0 saturated heterocycles. The van der Waals surface area contributed by atoms with Crippen LogP contribution in [0.3, 0.4) is 0 Å². The van der Waals surface area contributed by atoms with Crippen LogP contribution in [-0.4, -0.2) is 20.9 Å². The fraction of sp³-hybridized carbons (Fsp3) is 0.111. The highest BCUT2D eigenvalue weighted by atomic mass is 19.1. The Kier molecular flexibility index (Phi) is 4.94. The van der Waals surface area contributed by atoms with Crippen molar-refractivity contribution in [2.75, 3.05) is 5.32 Å². The maximum atomic E-state index is 13.7. The summed E-state index contributed by atoms with van der Waals surface area (Å²) in [4.78, 5) is 24.7. The van der Waals surface area contributed by atoms with Gasteiger partial charge in [0.1, 0.15) is 11.5 Å². The summed E-state index contributed by atoms with van der Waals surface area (Å²) in [5.74, 6) is -0.599. The Labute approximate surface area is 144 Å². The number of hydrogen-bond donors (Lipinski definition) is 2. The summed E-state index contributed by atoms with van der Waals surface area (Å²) in [5, 5.41) is 5.57. The molecule has 1 amide bonds. The molecular weight excluding hydrogens is 321 g/mol. The van der Waals surface area contributed by atoms with Gasteiger partial charge in [0.2, 0.25) is 5.95 Å². The number of nitrogens with zero attached hydrogens (tertiary/aromatic N) is 3. The highest BCUT2D eigenvalue weighted by molar-refractivity contribution is 5.92. The Bertz CT molecular complexity index is 886. The fourth-order valence-electron chi connectivity index (χ4n) is 2.20. The number of rotatable bonds is 5. The first kappa shape index (κ1) is 16.5. The number of benzene rings is 1. The summed E-state index contributed by atoms with van der Waals surface area (Å²) >= 11 is 0. The monoisotopic (exact) mass is 337 g/mol. The predicted octanol–water partition coefficient (Wildman–Crippen LogP) is 2.99. The Morgan fingerprint density at radius 2 is 2.00 bits per heavy atom. The number of pyridine rings is 1. The molecule has 0 spiro atoms. The summed E-state index contributed by atoms with van der Waals surface area (Å²) in [6.45, 7) is 2.08. The van der Waals surface area contributed by atoms with E-state index in [-0.39, 0.29) is 23.2 Å². The number of halogens is 1. The molecule has 6 nitrogen and oxygen atoms in total. The van der Waals surface area contributed by atoms with Gasteiger partial charge in [0, 0.05) is 24.6 Å². The molecule has 126 valence electrons. The van der Waals surface area contributed by atoms with Gasteiger partial charge in [-0.25, -0.2) is 14.4 Å². The number of carbonyl (C=O) groups excluding carboxylic acids is 1. The zero-order chi connectivity index (χ0) is 17.6. The second kappa shape index (κ2) is 7.48. The smallest absolute Gasteiger partial charge is 0.270 e. The van der Waals surface area contributed by atoms with Gasteiger partial charge in [0.25, 0.3) is 5.91 Å². The van der Waals surface area contributed by atoms with Crippen LogP contribution in [0.2, 0.25) is 0 Å². The van der Waals surface area contributed by atoms with Gasteiger partial charge in [-0.1, -0.05) is 18.2 Å². The Morgan fingerprint density at radius 3 is 2.76 bits per heavy atom. The van der Waals surface area contributed by atoms with Crippen LogP contribution in [0.15, 0.2) is 54.9 Å². The van der Waals surface area contributed by atoms with Crippen LogP contribution in [0.4, 0.5) is 16.0 Å². The molecule has 2 N–H and O–H groups in total. The summed E-state index contributed by atoms with van der Waals surface area (Å²) in [6.07, 6.45) is 3.34. The highest BCUT2D eigenvalue weighted by Gasteiger charge is 2.11. The Morgan fingerprint density at radius 1 is 1.16 bits per heavy atom. The van der Waals surface area contributed by atoms with E-state index in [2.05, 4.69) is 25.6 Å². The number of nitrogens with one attached hydrogen (secondary N) is 2. The lowest BCUT2D eigenvalue weighted by Gasteiger charge is -2.09. The number of carbonyl (C=O) groups is 1. The van der Waals surface area contributed by atoms with Gasteiger partial charge in [-0.15, -0.1) is 0 Å². The first-order valence-corrected chi connectivity index (χ1v) is 7.66. The minimum atomic E-state index is -0.421. The molecule has 0 unspecified atom stereocenters. The number of hydrogen-bond acceptors (Lipinski definition) is 5. The molecule has 0 aliphatic carbocycles. The molecule has 0 radical (unpaired) electrons. The molecule has 1 aromatic carbocycles. The van der Waals surface area contributed by atoms with Crippen molar-refractivity contribution in [2.24, 2.45) is 0 Å². The molecule has 0 fully saturated rings. The Hall–Kier alpha value is -3.35. The van der Waals surface area contributed by atoms with E-state index in [0.717, 1.165) is 5.56 Å². The van der Waals surface area contributed by atoms with Gasteiger partial charge < -0.3 is 10.6 Å². The third-order valence-electron chi connectivity index (χ3n) is 3.38. The predicted molar refractivity (Wildman–Crippen MR) is 91.9 cm³/mol. The van der Waals surface area contributed by atoms with Gasteiger partial charge in [-0.05, 0) is 36.8 Å². The summed E-state index contributed by atoms with van der Waals surface area (Å²) in [7, 11) is 0. The van der Waals surface area contributed by atoms with Gasteiger partial charge >= 0.3 is 0 Å². The van der Waals surface area contributed by atoms with E-state index < -0.39 is 5.82 Å². The van der Waals surface area contributed by atoms with Crippen LogP contribution in [0.1, 0.15) is 21.7 Å². The van der Waals surface area contributed by atoms with E-state index in [1.165, 1.54) is 6.07 Å². The molecule has 0 saturated carbocycles. The van der Waals surface area contributed by atoms with Gasteiger partial charge in [0.15, 0.2) is 0 Å².